The van der Waals surface area contributed by atoms with Crippen LogP contribution in [0.4, 0.5) is 0 Å². The van der Waals surface area contributed by atoms with Crippen molar-refractivity contribution in [1.82, 2.24) is 0 Å². The summed E-state index contributed by atoms with van der Waals surface area (Å²) < 4.78 is 5.08. The van der Waals surface area contributed by atoms with Crippen LogP contribution in [-0.4, -0.2) is 29.5 Å². The first-order valence-corrected chi connectivity index (χ1v) is 7.32. The van der Waals surface area contributed by atoms with E-state index in [1.54, 1.807) is 24.3 Å². The summed E-state index contributed by atoms with van der Waals surface area (Å²) >= 11 is 1.53. The lowest BCUT2D eigenvalue weighted by Gasteiger charge is -2.11. The maximum absolute atomic E-state index is 11.7. The zero-order valence-electron chi connectivity index (χ0n) is 10.9. The molecule has 0 heterocycles. The van der Waals surface area contributed by atoms with Crippen molar-refractivity contribution >= 4 is 17.7 Å². The number of esters is 1. The van der Waals surface area contributed by atoms with Gasteiger partial charge >= 0.3 is 5.97 Å². The molecule has 0 amide bonds. The second-order valence-electron chi connectivity index (χ2n) is 4.24. The number of carbonyl (C=O) groups excluding carboxylic acids is 1. The van der Waals surface area contributed by atoms with Gasteiger partial charge in [-0.15, -0.1) is 11.8 Å². The molecule has 20 heavy (non-hydrogen) atoms. The summed E-state index contributed by atoms with van der Waals surface area (Å²) in [5.41, 5.74) is 0.496. The highest BCUT2D eigenvalue weighted by Gasteiger charge is 2.10. The van der Waals surface area contributed by atoms with E-state index in [4.69, 9.17) is 4.74 Å². The molecule has 0 aliphatic carbocycles. The van der Waals surface area contributed by atoms with Crippen LogP contribution in [0.1, 0.15) is 10.4 Å². The minimum absolute atomic E-state index is 0.00750. The molecule has 3 nitrogen and oxygen atoms in total. The first kappa shape index (κ1) is 14.6. The van der Waals surface area contributed by atoms with Gasteiger partial charge in [-0.3, -0.25) is 0 Å². The highest BCUT2D eigenvalue weighted by Crippen LogP contribution is 2.18. The average Bonchev–Trinajstić information content (AvgIpc) is 2.52. The van der Waals surface area contributed by atoms with Gasteiger partial charge in [-0.05, 0) is 24.3 Å². The molecule has 104 valence electrons. The van der Waals surface area contributed by atoms with Crippen molar-refractivity contribution in [3.63, 3.8) is 0 Å². The third kappa shape index (κ3) is 4.72. The average molecular weight is 288 g/mol. The van der Waals surface area contributed by atoms with Crippen molar-refractivity contribution < 1.29 is 14.6 Å². The van der Waals surface area contributed by atoms with Gasteiger partial charge in [-0.25, -0.2) is 4.79 Å². The van der Waals surface area contributed by atoms with Gasteiger partial charge < -0.3 is 9.84 Å². The zero-order valence-corrected chi connectivity index (χ0v) is 11.8. The standard InChI is InChI=1S/C16H16O3S/c17-14(12-20-15-9-5-2-6-10-15)11-19-16(18)13-7-3-1-4-8-13/h1-10,14,17H,11-12H2. The molecule has 2 aromatic carbocycles. The normalized spacial score (nSPS) is 11.8. The minimum Gasteiger partial charge on any atom is -0.459 e. The van der Waals surface area contributed by atoms with Crippen molar-refractivity contribution in [2.24, 2.45) is 0 Å². The number of thioether (sulfide) groups is 1. The fourth-order valence-corrected chi connectivity index (χ4v) is 2.42. The molecule has 0 saturated heterocycles. The number of hydrogen-bond acceptors (Lipinski definition) is 4. The third-order valence-corrected chi connectivity index (χ3v) is 3.76. The molecule has 0 saturated carbocycles. The smallest absolute Gasteiger partial charge is 0.338 e. The van der Waals surface area contributed by atoms with Gasteiger partial charge in [0.25, 0.3) is 0 Å². The van der Waals surface area contributed by atoms with Gasteiger partial charge in [-0.2, -0.15) is 0 Å². The van der Waals surface area contributed by atoms with Crippen LogP contribution in [0.5, 0.6) is 0 Å². The molecule has 0 aliphatic heterocycles. The third-order valence-electron chi connectivity index (χ3n) is 2.60. The van der Waals surface area contributed by atoms with Crippen molar-refractivity contribution in [2.75, 3.05) is 12.4 Å². The Morgan fingerprint density at radius 2 is 1.65 bits per heavy atom. The Morgan fingerprint density at radius 1 is 1.05 bits per heavy atom. The summed E-state index contributed by atoms with van der Waals surface area (Å²) in [6.07, 6.45) is -0.673. The maximum atomic E-state index is 11.7. The van der Waals surface area contributed by atoms with Gasteiger partial charge in [-0.1, -0.05) is 36.4 Å². The largest absolute Gasteiger partial charge is 0.459 e. The number of aliphatic hydroxyl groups is 1. The van der Waals surface area contributed by atoms with E-state index in [2.05, 4.69) is 0 Å². The van der Waals surface area contributed by atoms with Gasteiger partial charge in [0, 0.05) is 10.6 Å². The molecule has 0 aromatic heterocycles. The Labute approximate surface area is 122 Å². The van der Waals surface area contributed by atoms with Gasteiger partial charge in [0.05, 0.1) is 11.7 Å². The molecular formula is C16H16O3S. The number of hydrogen-bond donors (Lipinski definition) is 1. The summed E-state index contributed by atoms with van der Waals surface area (Å²) in [5, 5.41) is 9.81. The number of carbonyl (C=O) groups is 1. The van der Waals surface area contributed by atoms with E-state index < -0.39 is 12.1 Å². The lowest BCUT2D eigenvalue weighted by atomic mass is 10.2. The number of ether oxygens (including phenoxy) is 1. The van der Waals surface area contributed by atoms with Crippen molar-refractivity contribution in [3.05, 3.63) is 66.2 Å². The molecule has 0 aliphatic rings. The molecular weight excluding hydrogens is 272 g/mol. The molecule has 0 bridgehead atoms. The molecule has 1 unspecified atom stereocenters. The molecule has 2 aromatic rings. The first-order chi connectivity index (χ1) is 9.75. The van der Waals surface area contributed by atoms with E-state index in [9.17, 15) is 9.90 Å². The molecule has 2 rings (SSSR count). The quantitative estimate of drug-likeness (QED) is 0.655. The van der Waals surface area contributed by atoms with Crippen molar-refractivity contribution in [1.29, 1.82) is 0 Å². The van der Waals surface area contributed by atoms with E-state index in [1.165, 1.54) is 11.8 Å². The van der Waals surface area contributed by atoms with Crippen LogP contribution in [-0.2, 0) is 4.74 Å². The lowest BCUT2D eigenvalue weighted by molar-refractivity contribution is 0.0305. The fourth-order valence-electron chi connectivity index (χ4n) is 1.59. The van der Waals surface area contributed by atoms with E-state index >= 15 is 0 Å². The summed E-state index contributed by atoms with van der Waals surface area (Å²) in [4.78, 5) is 12.8. The van der Waals surface area contributed by atoms with Crippen LogP contribution in [0.15, 0.2) is 65.6 Å². The van der Waals surface area contributed by atoms with Crippen LogP contribution in [0.3, 0.4) is 0 Å². The second kappa shape index (κ2) is 7.72. The number of aliphatic hydroxyl groups excluding tert-OH is 1. The van der Waals surface area contributed by atoms with Crippen molar-refractivity contribution in [2.45, 2.75) is 11.0 Å². The molecule has 4 heteroatoms. The SMILES string of the molecule is O=C(OCC(O)CSc1ccccc1)c1ccccc1. The molecule has 0 fully saturated rings. The maximum Gasteiger partial charge on any atom is 0.338 e. The predicted octanol–water partition coefficient (Wildman–Crippen LogP) is 3.00. The lowest BCUT2D eigenvalue weighted by Crippen LogP contribution is -2.20. The Bertz CT molecular complexity index is 528. The van der Waals surface area contributed by atoms with Crippen LogP contribution < -0.4 is 0 Å². The van der Waals surface area contributed by atoms with Crippen LogP contribution in [0, 0.1) is 0 Å². The molecule has 1 N–H and O–H groups in total. The van der Waals surface area contributed by atoms with Crippen molar-refractivity contribution in [3.8, 4) is 0 Å². The molecule has 1 atom stereocenters. The molecule has 0 radical (unpaired) electrons. The van der Waals surface area contributed by atoms with E-state index in [1.807, 2.05) is 36.4 Å². The van der Waals surface area contributed by atoms with E-state index in [0.717, 1.165) is 4.90 Å². The van der Waals surface area contributed by atoms with Gasteiger partial charge in [0.2, 0.25) is 0 Å². The van der Waals surface area contributed by atoms with E-state index in [-0.39, 0.29) is 6.61 Å². The van der Waals surface area contributed by atoms with Gasteiger partial charge in [0.15, 0.2) is 0 Å². The molecule has 0 spiro atoms. The van der Waals surface area contributed by atoms with Crippen LogP contribution in [0.2, 0.25) is 0 Å². The fraction of sp³-hybridized carbons (Fsp3) is 0.188. The summed E-state index contributed by atoms with van der Waals surface area (Å²) in [6.45, 7) is 0.00750. The summed E-state index contributed by atoms with van der Waals surface area (Å²) in [6, 6.07) is 18.6. The summed E-state index contributed by atoms with van der Waals surface area (Å²) in [5.74, 6) is 0.0841. The Morgan fingerprint density at radius 3 is 2.30 bits per heavy atom. The van der Waals surface area contributed by atoms with Crippen LogP contribution in [0.25, 0.3) is 0 Å². The Balaban J connectivity index is 1.73. The van der Waals surface area contributed by atoms with E-state index in [0.29, 0.717) is 11.3 Å². The highest BCUT2D eigenvalue weighted by atomic mass is 32.2. The monoisotopic (exact) mass is 288 g/mol. The topological polar surface area (TPSA) is 46.5 Å². The zero-order chi connectivity index (χ0) is 14.2. The first-order valence-electron chi connectivity index (χ1n) is 6.34. The highest BCUT2D eigenvalue weighted by molar-refractivity contribution is 7.99. The predicted molar refractivity (Wildman–Crippen MR) is 79.9 cm³/mol. The Kier molecular flexibility index (Phi) is 5.65. The number of benzene rings is 2. The summed E-state index contributed by atoms with van der Waals surface area (Å²) in [7, 11) is 0. The minimum atomic E-state index is -0.673. The Hall–Kier alpha value is -1.78. The van der Waals surface area contributed by atoms with Crippen LogP contribution >= 0.6 is 11.8 Å². The van der Waals surface area contributed by atoms with Gasteiger partial charge in [0.1, 0.15) is 6.61 Å². The second-order valence-corrected chi connectivity index (χ2v) is 5.34. The number of rotatable bonds is 6.